The summed E-state index contributed by atoms with van der Waals surface area (Å²) in [5, 5.41) is 8.23. The largest absolute Gasteiger partial charge is 0.339 e. The molecule has 134 valence electrons. The molecule has 1 fully saturated rings. The molecule has 3 heterocycles. The summed E-state index contributed by atoms with van der Waals surface area (Å²) in [5.74, 6) is 1.34. The highest BCUT2D eigenvalue weighted by Crippen LogP contribution is 2.26. The number of aromatic nitrogens is 4. The summed E-state index contributed by atoms with van der Waals surface area (Å²) in [6, 6.07) is 7.97. The Labute approximate surface area is 151 Å². The molecule has 0 aliphatic carbocycles. The molecule has 0 bridgehead atoms. The molecule has 2 aromatic heterocycles. The summed E-state index contributed by atoms with van der Waals surface area (Å²) < 4.78 is 7.05. The van der Waals surface area contributed by atoms with Crippen molar-refractivity contribution in [3.8, 4) is 5.69 Å². The zero-order valence-electron chi connectivity index (χ0n) is 14.9. The van der Waals surface area contributed by atoms with Gasteiger partial charge in [-0.1, -0.05) is 23.4 Å². The van der Waals surface area contributed by atoms with Crippen molar-refractivity contribution in [2.24, 2.45) is 0 Å². The van der Waals surface area contributed by atoms with Crippen LogP contribution in [0.5, 0.6) is 0 Å². The number of nitrogens with zero attached hydrogens (tertiary/aromatic N) is 5. The van der Waals surface area contributed by atoms with Crippen molar-refractivity contribution >= 4 is 5.91 Å². The molecule has 1 atom stereocenters. The van der Waals surface area contributed by atoms with Gasteiger partial charge in [0, 0.05) is 19.3 Å². The minimum absolute atomic E-state index is 0.00854. The maximum atomic E-state index is 12.9. The second-order valence-corrected chi connectivity index (χ2v) is 6.73. The number of piperidine rings is 1. The molecule has 0 N–H and O–H groups in total. The number of aryl methyl sites for hydroxylation is 2. The van der Waals surface area contributed by atoms with E-state index in [4.69, 9.17) is 4.52 Å². The number of carbonyl (C=O) groups is 1. The molecular formula is C19H21N5O2. The number of likely N-dealkylation sites (tertiary alicyclic amines) is 1. The van der Waals surface area contributed by atoms with Gasteiger partial charge in [-0.2, -0.15) is 10.1 Å². The Morgan fingerprint density at radius 2 is 2.12 bits per heavy atom. The molecule has 7 heteroatoms. The summed E-state index contributed by atoms with van der Waals surface area (Å²) in [6.07, 6.45) is 5.30. The molecule has 26 heavy (non-hydrogen) atoms. The highest BCUT2D eigenvalue weighted by atomic mass is 16.5. The Morgan fingerprint density at radius 1 is 1.27 bits per heavy atom. The van der Waals surface area contributed by atoms with Crippen molar-refractivity contribution in [1.29, 1.82) is 0 Å². The normalized spacial score (nSPS) is 17.5. The Kier molecular flexibility index (Phi) is 4.28. The molecular weight excluding hydrogens is 330 g/mol. The number of hydrogen-bond acceptors (Lipinski definition) is 5. The topological polar surface area (TPSA) is 77.0 Å². The first-order chi connectivity index (χ1) is 12.6. The Bertz CT molecular complexity index is 929. The monoisotopic (exact) mass is 351 g/mol. The standard InChI is InChI=1S/C19H21N5O2/c1-13-6-3-4-8-17(13)24-12-16(10-20-24)19(25)23-9-5-7-15(11-23)18-21-14(2)22-26-18/h3-4,6,8,10,12,15H,5,7,9,11H2,1-2H3. The van der Waals surface area contributed by atoms with Gasteiger partial charge in [0.25, 0.3) is 5.91 Å². The van der Waals surface area contributed by atoms with E-state index in [1.54, 1.807) is 24.0 Å². The maximum absolute atomic E-state index is 12.9. The minimum Gasteiger partial charge on any atom is -0.339 e. The van der Waals surface area contributed by atoms with E-state index >= 15 is 0 Å². The van der Waals surface area contributed by atoms with Crippen LogP contribution < -0.4 is 0 Å². The molecule has 0 spiro atoms. The molecule has 7 nitrogen and oxygen atoms in total. The van der Waals surface area contributed by atoms with Crippen LogP contribution in [0.25, 0.3) is 5.69 Å². The summed E-state index contributed by atoms with van der Waals surface area (Å²) in [7, 11) is 0. The third-order valence-corrected chi connectivity index (χ3v) is 4.79. The number of hydrogen-bond donors (Lipinski definition) is 0. The first kappa shape index (κ1) is 16.5. The van der Waals surface area contributed by atoms with Gasteiger partial charge in [0.2, 0.25) is 5.89 Å². The second kappa shape index (κ2) is 6.74. The predicted molar refractivity (Wildman–Crippen MR) is 95.2 cm³/mol. The van der Waals surface area contributed by atoms with Crippen molar-refractivity contribution in [2.75, 3.05) is 13.1 Å². The lowest BCUT2D eigenvalue weighted by atomic mass is 9.97. The number of benzene rings is 1. The molecule has 1 unspecified atom stereocenters. The van der Waals surface area contributed by atoms with Crippen molar-refractivity contribution in [1.82, 2.24) is 24.8 Å². The van der Waals surface area contributed by atoms with Gasteiger partial charge in [-0.15, -0.1) is 0 Å². The molecule has 1 amide bonds. The van der Waals surface area contributed by atoms with E-state index in [0.717, 1.165) is 30.6 Å². The van der Waals surface area contributed by atoms with Gasteiger partial charge >= 0.3 is 0 Å². The van der Waals surface area contributed by atoms with E-state index in [1.807, 2.05) is 36.1 Å². The van der Waals surface area contributed by atoms with Crippen LogP contribution >= 0.6 is 0 Å². The summed E-state index contributed by atoms with van der Waals surface area (Å²) in [4.78, 5) is 19.1. The summed E-state index contributed by atoms with van der Waals surface area (Å²) in [5.41, 5.74) is 2.68. The number of carbonyl (C=O) groups excluding carboxylic acids is 1. The molecule has 1 aromatic carbocycles. The molecule has 1 saturated heterocycles. The predicted octanol–water partition coefficient (Wildman–Crippen LogP) is 2.89. The van der Waals surface area contributed by atoms with Gasteiger partial charge in [-0.3, -0.25) is 4.79 Å². The highest BCUT2D eigenvalue weighted by molar-refractivity contribution is 5.94. The smallest absolute Gasteiger partial charge is 0.257 e. The first-order valence-electron chi connectivity index (χ1n) is 8.82. The van der Waals surface area contributed by atoms with Crippen LogP contribution in [0.1, 0.15) is 46.4 Å². The zero-order valence-corrected chi connectivity index (χ0v) is 14.9. The van der Waals surface area contributed by atoms with Crippen molar-refractivity contribution < 1.29 is 9.32 Å². The maximum Gasteiger partial charge on any atom is 0.257 e. The third kappa shape index (κ3) is 3.12. The fourth-order valence-electron chi connectivity index (χ4n) is 3.41. The summed E-state index contributed by atoms with van der Waals surface area (Å²) in [6.45, 7) is 5.16. The van der Waals surface area contributed by atoms with Crippen LogP contribution in [0, 0.1) is 13.8 Å². The molecule has 4 rings (SSSR count). The van der Waals surface area contributed by atoms with Crippen LogP contribution in [-0.2, 0) is 0 Å². The lowest BCUT2D eigenvalue weighted by Gasteiger charge is -2.30. The first-order valence-corrected chi connectivity index (χ1v) is 8.82. The van der Waals surface area contributed by atoms with E-state index in [0.29, 0.717) is 23.8 Å². The fraction of sp³-hybridized carbons (Fsp3) is 0.368. The van der Waals surface area contributed by atoms with Crippen molar-refractivity contribution in [2.45, 2.75) is 32.6 Å². The van der Waals surface area contributed by atoms with E-state index in [1.165, 1.54) is 0 Å². The number of para-hydroxylation sites is 1. The molecule has 3 aromatic rings. The Hall–Kier alpha value is -2.96. The van der Waals surface area contributed by atoms with Crippen molar-refractivity contribution in [3.05, 3.63) is 59.5 Å². The van der Waals surface area contributed by atoms with Crippen molar-refractivity contribution in [3.63, 3.8) is 0 Å². The van der Waals surface area contributed by atoms with Crippen LogP contribution in [0.2, 0.25) is 0 Å². The van der Waals surface area contributed by atoms with Gasteiger partial charge in [-0.05, 0) is 38.3 Å². The highest BCUT2D eigenvalue weighted by Gasteiger charge is 2.29. The van der Waals surface area contributed by atoms with Gasteiger partial charge in [0.1, 0.15) is 0 Å². The SMILES string of the molecule is Cc1noc(C2CCCN(C(=O)c3cnn(-c4ccccc4C)c3)C2)n1. The van der Waals surface area contributed by atoms with E-state index in [9.17, 15) is 4.79 Å². The molecule has 0 radical (unpaired) electrons. The molecule has 0 saturated carbocycles. The minimum atomic E-state index is -0.00854. The zero-order chi connectivity index (χ0) is 18.1. The Morgan fingerprint density at radius 3 is 2.88 bits per heavy atom. The lowest BCUT2D eigenvalue weighted by Crippen LogP contribution is -2.39. The third-order valence-electron chi connectivity index (χ3n) is 4.79. The van der Waals surface area contributed by atoms with Gasteiger partial charge in [-0.25, -0.2) is 4.68 Å². The molecule has 1 aliphatic heterocycles. The number of rotatable bonds is 3. The van der Waals surface area contributed by atoms with Crippen LogP contribution in [0.4, 0.5) is 0 Å². The average molecular weight is 351 g/mol. The van der Waals surface area contributed by atoms with Crippen LogP contribution in [0.15, 0.2) is 41.2 Å². The van der Waals surface area contributed by atoms with Gasteiger partial charge in [0.05, 0.1) is 23.4 Å². The number of amides is 1. The summed E-state index contributed by atoms with van der Waals surface area (Å²) >= 11 is 0. The Balaban J connectivity index is 1.52. The fourth-order valence-corrected chi connectivity index (χ4v) is 3.41. The lowest BCUT2D eigenvalue weighted by molar-refractivity contribution is 0.0695. The average Bonchev–Trinajstić information content (AvgIpc) is 3.31. The van der Waals surface area contributed by atoms with E-state index in [2.05, 4.69) is 15.2 Å². The quantitative estimate of drug-likeness (QED) is 0.725. The van der Waals surface area contributed by atoms with E-state index < -0.39 is 0 Å². The van der Waals surface area contributed by atoms with Crippen LogP contribution in [0.3, 0.4) is 0 Å². The van der Waals surface area contributed by atoms with Gasteiger partial charge in [0.15, 0.2) is 5.82 Å². The van der Waals surface area contributed by atoms with E-state index in [-0.39, 0.29) is 11.8 Å². The second-order valence-electron chi connectivity index (χ2n) is 6.73. The van der Waals surface area contributed by atoms with Crippen LogP contribution in [-0.4, -0.2) is 43.8 Å². The van der Waals surface area contributed by atoms with Gasteiger partial charge < -0.3 is 9.42 Å². The molecule has 1 aliphatic rings.